The molecule has 51 heavy (non-hydrogen) atoms. The van der Waals surface area contributed by atoms with Crippen molar-refractivity contribution in [2.45, 2.75) is 232 Å². The molecule has 0 aromatic rings. The molecule has 0 aliphatic rings. The van der Waals surface area contributed by atoms with Crippen LogP contribution in [0, 0.1) is 0 Å². The number of methoxy groups -OCH3 is 1. The predicted octanol–water partition coefficient (Wildman–Crippen LogP) is 12.9. The van der Waals surface area contributed by atoms with E-state index in [1.165, 1.54) is 141 Å². The van der Waals surface area contributed by atoms with E-state index in [2.05, 4.69) is 46.9 Å². The van der Waals surface area contributed by atoms with E-state index in [0.29, 0.717) is 26.4 Å². The molecule has 1 amide bonds. The summed E-state index contributed by atoms with van der Waals surface area (Å²) in [6, 6.07) is 0. The maximum absolute atomic E-state index is 12.5. The minimum Gasteiger partial charge on any atom is -0.447 e. The summed E-state index contributed by atoms with van der Waals surface area (Å²) in [4.78, 5) is 12.5. The number of carbonyl (C=O) groups is 1. The molecular formula is C44H89NO6. The largest absolute Gasteiger partial charge is 0.447 e. The van der Waals surface area contributed by atoms with Crippen LogP contribution >= 0.6 is 0 Å². The van der Waals surface area contributed by atoms with Gasteiger partial charge in [-0.1, -0.05) is 155 Å². The highest BCUT2D eigenvalue weighted by Crippen LogP contribution is 2.20. The van der Waals surface area contributed by atoms with Gasteiger partial charge in [-0.2, -0.15) is 0 Å². The van der Waals surface area contributed by atoms with Crippen molar-refractivity contribution in [2.24, 2.45) is 0 Å². The van der Waals surface area contributed by atoms with Crippen LogP contribution in [0.1, 0.15) is 215 Å². The second-order valence-electron chi connectivity index (χ2n) is 16.3. The van der Waals surface area contributed by atoms with Gasteiger partial charge in [0.25, 0.3) is 0 Å². The van der Waals surface area contributed by atoms with Crippen LogP contribution in [0.4, 0.5) is 4.79 Å². The topological polar surface area (TPSA) is 75.3 Å². The Labute approximate surface area is 318 Å². The highest BCUT2D eigenvalue weighted by atomic mass is 16.6. The van der Waals surface area contributed by atoms with Gasteiger partial charge in [-0.05, 0) is 59.8 Å². The number of hydrogen-bond acceptors (Lipinski definition) is 6. The molecule has 0 saturated carbocycles. The first kappa shape index (κ1) is 50.1. The van der Waals surface area contributed by atoms with Gasteiger partial charge >= 0.3 is 6.09 Å². The van der Waals surface area contributed by atoms with Gasteiger partial charge in [0.15, 0.2) is 0 Å². The van der Waals surface area contributed by atoms with Gasteiger partial charge in [0.1, 0.15) is 12.7 Å². The summed E-state index contributed by atoms with van der Waals surface area (Å²) in [6.45, 7) is 16.2. The normalized spacial score (nSPS) is 12.8. The zero-order valence-electron chi connectivity index (χ0n) is 35.4. The fourth-order valence-corrected chi connectivity index (χ4v) is 6.27. The Kier molecular flexibility index (Phi) is 35.5. The molecule has 0 saturated heterocycles. The number of alkyl carbamates (subject to hydrolysis) is 1. The summed E-state index contributed by atoms with van der Waals surface area (Å²) in [5.41, 5.74) is -0.444. The number of carbonyl (C=O) groups excluding carboxylic acids is 1. The highest BCUT2D eigenvalue weighted by molar-refractivity contribution is 5.67. The molecule has 0 bridgehead atoms. The second kappa shape index (κ2) is 36.1. The van der Waals surface area contributed by atoms with Gasteiger partial charge in [0, 0.05) is 26.9 Å². The molecule has 0 aromatic carbocycles. The van der Waals surface area contributed by atoms with Crippen LogP contribution in [0.2, 0.25) is 0 Å². The predicted molar refractivity (Wildman–Crippen MR) is 217 cm³/mol. The summed E-state index contributed by atoms with van der Waals surface area (Å²) in [6.07, 6.45) is 33.7. The molecule has 0 aliphatic carbocycles. The van der Waals surface area contributed by atoms with Crippen LogP contribution in [-0.4, -0.2) is 70.1 Å². The first-order valence-electron chi connectivity index (χ1n) is 21.9. The van der Waals surface area contributed by atoms with Crippen molar-refractivity contribution in [1.82, 2.24) is 5.32 Å². The second-order valence-corrected chi connectivity index (χ2v) is 16.3. The average molecular weight is 728 g/mol. The van der Waals surface area contributed by atoms with Gasteiger partial charge in [-0.15, -0.1) is 0 Å². The minimum absolute atomic E-state index is 0.187. The lowest BCUT2D eigenvalue weighted by Crippen LogP contribution is -2.33. The molecule has 0 spiro atoms. The Morgan fingerprint density at radius 3 is 1.45 bits per heavy atom. The highest BCUT2D eigenvalue weighted by Gasteiger charge is 2.22. The molecule has 0 fully saturated rings. The summed E-state index contributed by atoms with van der Waals surface area (Å²) < 4.78 is 29.4. The van der Waals surface area contributed by atoms with Crippen LogP contribution in [0.25, 0.3) is 0 Å². The van der Waals surface area contributed by atoms with Crippen molar-refractivity contribution in [3.63, 3.8) is 0 Å². The maximum Gasteiger partial charge on any atom is 0.407 e. The minimum atomic E-state index is -0.393. The number of nitrogens with one attached hydrogen (secondary N) is 1. The van der Waals surface area contributed by atoms with Crippen molar-refractivity contribution in [2.75, 3.05) is 46.7 Å². The molecule has 0 aliphatic heterocycles. The van der Waals surface area contributed by atoms with Crippen LogP contribution in [0.3, 0.4) is 0 Å². The average Bonchev–Trinajstić information content (AvgIpc) is 3.10. The van der Waals surface area contributed by atoms with E-state index >= 15 is 0 Å². The maximum atomic E-state index is 12.5. The number of rotatable bonds is 40. The van der Waals surface area contributed by atoms with Gasteiger partial charge in [-0.25, -0.2) is 4.79 Å². The lowest BCUT2D eigenvalue weighted by atomic mass is 10.0. The SMILES string of the molecule is CCCCCCCCCCCCCCOCC(COC(=O)NCCCC(C)(C)OCCC(C)(C)OC)OCCCCCCCCCCCCCC. The first-order valence-corrected chi connectivity index (χ1v) is 21.9. The summed E-state index contributed by atoms with van der Waals surface area (Å²) >= 11 is 0. The number of hydrogen-bond donors (Lipinski definition) is 1. The fourth-order valence-electron chi connectivity index (χ4n) is 6.27. The molecule has 0 heterocycles. The van der Waals surface area contributed by atoms with Crippen molar-refractivity contribution in [3.8, 4) is 0 Å². The number of unbranched alkanes of at least 4 members (excludes halogenated alkanes) is 22. The molecule has 1 atom stereocenters. The molecule has 7 nitrogen and oxygen atoms in total. The van der Waals surface area contributed by atoms with Gasteiger partial charge in [-0.3, -0.25) is 0 Å². The Morgan fingerprint density at radius 1 is 0.529 bits per heavy atom. The summed E-state index contributed by atoms with van der Waals surface area (Å²) in [7, 11) is 1.73. The lowest BCUT2D eigenvalue weighted by Gasteiger charge is -2.29. The molecule has 306 valence electrons. The van der Waals surface area contributed by atoms with Crippen molar-refractivity contribution in [1.29, 1.82) is 0 Å². The van der Waals surface area contributed by atoms with Gasteiger partial charge < -0.3 is 29.0 Å². The Balaban J connectivity index is 4.27. The fraction of sp³-hybridized carbons (Fsp3) is 0.977. The van der Waals surface area contributed by atoms with E-state index in [1.807, 2.05) is 0 Å². The standard InChI is InChI=1S/C44H89NO6/c1-8-10-12-14-16-18-20-22-24-26-28-30-36-48-39-41(49-37-31-29-27-25-23-21-19-17-15-13-11-9-2)40-50-42(46)45-35-32-33-44(5,6)51-38-34-43(3,4)47-7/h41H,8-40H2,1-7H3,(H,45,46). The Morgan fingerprint density at radius 2 is 0.980 bits per heavy atom. The summed E-state index contributed by atoms with van der Waals surface area (Å²) in [5, 5.41) is 2.90. The van der Waals surface area contributed by atoms with Gasteiger partial charge in [0.05, 0.1) is 24.4 Å². The zero-order chi connectivity index (χ0) is 37.7. The zero-order valence-corrected chi connectivity index (χ0v) is 35.4. The molecule has 1 N–H and O–H groups in total. The third-order valence-electron chi connectivity index (χ3n) is 10.2. The third kappa shape index (κ3) is 37.2. The van der Waals surface area contributed by atoms with E-state index in [0.717, 1.165) is 38.7 Å². The van der Waals surface area contributed by atoms with Crippen LogP contribution in [0.5, 0.6) is 0 Å². The molecule has 1 unspecified atom stereocenters. The first-order chi connectivity index (χ1) is 24.7. The van der Waals surface area contributed by atoms with E-state index < -0.39 is 6.09 Å². The summed E-state index contributed by atoms with van der Waals surface area (Å²) in [5.74, 6) is 0. The molecular weight excluding hydrogens is 638 g/mol. The Hall–Kier alpha value is -0.890. The quantitative estimate of drug-likeness (QED) is 0.0633. The smallest absolute Gasteiger partial charge is 0.407 e. The molecule has 0 aromatic heterocycles. The van der Waals surface area contributed by atoms with Crippen molar-refractivity contribution < 1.29 is 28.5 Å². The van der Waals surface area contributed by atoms with Crippen LogP contribution in [0.15, 0.2) is 0 Å². The van der Waals surface area contributed by atoms with E-state index in [1.54, 1.807) is 7.11 Å². The monoisotopic (exact) mass is 728 g/mol. The Bertz CT molecular complexity index is 730. The van der Waals surface area contributed by atoms with Crippen LogP contribution in [-0.2, 0) is 23.7 Å². The van der Waals surface area contributed by atoms with Crippen molar-refractivity contribution in [3.05, 3.63) is 0 Å². The van der Waals surface area contributed by atoms with Crippen LogP contribution < -0.4 is 5.32 Å². The molecule has 0 radical (unpaired) electrons. The number of amides is 1. The van der Waals surface area contributed by atoms with E-state index in [-0.39, 0.29) is 23.9 Å². The van der Waals surface area contributed by atoms with Gasteiger partial charge in [0.2, 0.25) is 0 Å². The number of ether oxygens (including phenoxy) is 5. The molecule has 0 rings (SSSR count). The van der Waals surface area contributed by atoms with Crippen molar-refractivity contribution >= 4 is 6.09 Å². The van der Waals surface area contributed by atoms with E-state index in [4.69, 9.17) is 23.7 Å². The lowest BCUT2D eigenvalue weighted by molar-refractivity contribution is -0.0617. The van der Waals surface area contributed by atoms with E-state index in [9.17, 15) is 4.79 Å². The third-order valence-corrected chi connectivity index (χ3v) is 10.2. The molecule has 7 heteroatoms.